The van der Waals surface area contributed by atoms with Crippen LogP contribution in [-0.2, 0) is 4.74 Å². The molecular formula is C14H11ClFN3O2. The second-order valence-electron chi connectivity index (χ2n) is 4.01. The van der Waals surface area contributed by atoms with Crippen molar-refractivity contribution in [1.29, 1.82) is 0 Å². The summed E-state index contributed by atoms with van der Waals surface area (Å²) in [5.74, 6) is -1.36. The molecule has 0 saturated carbocycles. The highest BCUT2D eigenvalue weighted by Crippen LogP contribution is 2.26. The molecule has 0 amide bonds. The highest BCUT2D eigenvalue weighted by atomic mass is 35.5. The smallest absolute Gasteiger partial charge is 0.357 e. The summed E-state index contributed by atoms with van der Waals surface area (Å²) in [6.45, 7) is 3.54. The first-order valence-electron chi connectivity index (χ1n) is 5.81. The summed E-state index contributed by atoms with van der Waals surface area (Å²) in [7, 11) is 1.20. The van der Waals surface area contributed by atoms with Crippen molar-refractivity contribution in [3.05, 3.63) is 46.9 Å². The first-order chi connectivity index (χ1) is 9.97. The monoisotopic (exact) mass is 307 g/mol. The van der Waals surface area contributed by atoms with Crippen molar-refractivity contribution in [2.24, 2.45) is 0 Å². The van der Waals surface area contributed by atoms with E-state index in [2.05, 4.69) is 21.3 Å². The lowest BCUT2D eigenvalue weighted by Crippen LogP contribution is -2.12. The fraction of sp³-hybridized carbons (Fsp3) is 0.0714. The van der Waals surface area contributed by atoms with Crippen LogP contribution in [0.4, 0.5) is 10.2 Å². The summed E-state index contributed by atoms with van der Waals surface area (Å²) < 4.78 is 18.5. The number of aromatic nitrogens is 2. The number of carbonyl (C=O) groups is 1. The lowest BCUT2D eigenvalue weighted by molar-refractivity contribution is 0.0593. The number of rotatable bonds is 3. The topological polar surface area (TPSA) is 78.1 Å². The average molecular weight is 308 g/mol. The Bertz CT molecular complexity index is 734. The molecule has 0 spiro atoms. The maximum absolute atomic E-state index is 13.9. The third-order valence-corrected chi connectivity index (χ3v) is 2.97. The number of esters is 1. The number of methoxy groups -OCH3 is 1. The van der Waals surface area contributed by atoms with E-state index in [0.29, 0.717) is 0 Å². The van der Waals surface area contributed by atoms with Gasteiger partial charge in [-0.05, 0) is 18.2 Å². The van der Waals surface area contributed by atoms with Crippen LogP contribution < -0.4 is 5.73 Å². The summed E-state index contributed by atoms with van der Waals surface area (Å²) >= 11 is 5.69. The minimum atomic E-state index is -0.713. The van der Waals surface area contributed by atoms with Crippen LogP contribution >= 0.6 is 11.6 Å². The molecule has 21 heavy (non-hydrogen) atoms. The van der Waals surface area contributed by atoms with Crippen molar-refractivity contribution in [3.8, 4) is 11.4 Å². The number of nitrogens with two attached hydrogens (primary N) is 1. The van der Waals surface area contributed by atoms with Crippen molar-refractivity contribution in [2.75, 3.05) is 12.8 Å². The van der Waals surface area contributed by atoms with E-state index in [9.17, 15) is 9.18 Å². The molecule has 0 aliphatic carbocycles. The molecule has 7 heteroatoms. The van der Waals surface area contributed by atoms with E-state index in [-0.39, 0.29) is 33.5 Å². The molecule has 1 aromatic carbocycles. The molecule has 0 aliphatic rings. The van der Waals surface area contributed by atoms with Crippen molar-refractivity contribution >= 4 is 29.5 Å². The van der Waals surface area contributed by atoms with Gasteiger partial charge < -0.3 is 10.5 Å². The molecule has 0 bridgehead atoms. The number of carbonyl (C=O) groups excluding carboxylic acids is 1. The van der Waals surface area contributed by atoms with E-state index in [1.54, 1.807) is 0 Å². The van der Waals surface area contributed by atoms with Crippen LogP contribution in [0, 0.1) is 5.82 Å². The Kier molecular flexibility index (Phi) is 4.18. The van der Waals surface area contributed by atoms with E-state index in [4.69, 9.17) is 17.3 Å². The van der Waals surface area contributed by atoms with Gasteiger partial charge in [-0.25, -0.2) is 19.2 Å². The van der Waals surface area contributed by atoms with Crippen molar-refractivity contribution in [2.45, 2.75) is 0 Å². The molecule has 108 valence electrons. The molecule has 0 fully saturated rings. The van der Waals surface area contributed by atoms with Crippen LogP contribution in [0.3, 0.4) is 0 Å². The lowest BCUT2D eigenvalue weighted by atomic mass is 10.1. The van der Waals surface area contributed by atoms with Gasteiger partial charge in [0.15, 0.2) is 11.5 Å². The molecule has 2 N–H and O–H groups in total. The van der Waals surface area contributed by atoms with E-state index in [1.807, 2.05) is 0 Å². The Morgan fingerprint density at radius 1 is 1.48 bits per heavy atom. The molecule has 0 radical (unpaired) electrons. The number of halogens is 2. The molecule has 5 nitrogen and oxygen atoms in total. The van der Waals surface area contributed by atoms with Crippen LogP contribution in [0.5, 0.6) is 0 Å². The summed E-state index contributed by atoms with van der Waals surface area (Å²) in [5.41, 5.74) is 6.00. The first kappa shape index (κ1) is 14.9. The normalized spacial score (nSPS) is 10.2. The van der Waals surface area contributed by atoms with Gasteiger partial charge in [-0.3, -0.25) is 0 Å². The largest absolute Gasteiger partial charge is 0.464 e. The quantitative estimate of drug-likeness (QED) is 0.882. The number of hydrogen-bond acceptors (Lipinski definition) is 5. The molecular weight excluding hydrogens is 297 g/mol. The Morgan fingerprint density at radius 2 is 2.19 bits per heavy atom. The number of benzene rings is 1. The van der Waals surface area contributed by atoms with Crippen molar-refractivity contribution in [3.63, 3.8) is 0 Å². The second-order valence-corrected chi connectivity index (χ2v) is 4.45. The van der Waals surface area contributed by atoms with E-state index in [0.717, 1.165) is 6.07 Å². The predicted octanol–water partition coefficient (Wildman–Crippen LogP) is 2.95. The van der Waals surface area contributed by atoms with Crippen LogP contribution in [0.25, 0.3) is 17.5 Å². The Hall–Kier alpha value is -2.47. The van der Waals surface area contributed by atoms with E-state index < -0.39 is 11.8 Å². The Morgan fingerprint density at radius 3 is 2.76 bits per heavy atom. The SMILES string of the molecule is C=Cc1c(N)nc(-c2ccc(Cl)cc2F)nc1C(=O)OC. The number of nitrogen functional groups attached to an aromatic ring is 1. The summed E-state index contributed by atoms with van der Waals surface area (Å²) in [6.07, 6.45) is 1.34. The van der Waals surface area contributed by atoms with Gasteiger partial charge in [-0.2, -0.15) is 0 Å². The van der Waals surface area contributed by atoms with Gasteiger partial charge in [-0.1, -0.05) is 24.3 Å². The van der Waals surface area contributed by atoms with Crippen LogP contribution in [0.2, 0.25) is 5.02 Å². The maximum atomic E-state index is 13.9. The van der Waals surface area contributed by atoms with Gasteiger partial charge in [-0.15, -0.1) is 0 Å². The van der Waals surface area contributed by atoms with Crippen LogP contribution in [-0.4, -0.2) is 23.0 Å². The zero-order chi connectivity index (χ0) is 15.6. The summed E-state index contributed by atoms with van der Waals surface area (Å²) in [5, 5.41) is 0.236. The van der Waals surface area contributed by atoms with Gasteiger partial charge in [0.05, 0.1) is 12.7 Å². The first-order valence-corrected chi connectivity index (χ1v) is 6.19. The van der Waals surface area contributed by atoms with Gasteiger partial charge in [0.1, 0.15) is 11.6 Å². The third kappa shape index (κ3) is 2.85. The molecule has 2 aromatic rings. The van der Waals surface area contributed by atoms with Gasteiger partial charge >= 0.3 is 5.97 Å². The molecule has 0 saturated heterocycles. The standard InChI is InChI=1S/C14H11ClFN3O2/c1-3-8-11(14(20)21-2)18-13(19-12(8)17)9-5-4-7(15)6-10(9)16/h3-6H,1H2,2H3,(H2,17,18,19). The minimum absolute atomic E-state index is 0.00440. The third-order valence-electron chi connectivity index (χ3n) is 2.73. The second kappa shape index (κ2) is 5.88. The van der Waals surface area contributed by atoms with E-state index in [1.165, 1.54) is 25.3 Å². The van der Waals surface area contributed by atoms with Crippen molar-refractivity contribution in [1.82, 2.24) is 9.97 Å². The highest BCUT2D eigenvalue weighted by Gasteiger charge is 2.19. The minimum Gasteiger partial charge on any atom is -0.464 e. The summed E-state index contributed by atoms with van der Waals surface area (Å²) in [4.78, 5) is 19.7. The van der Waals surface area contributed by atoms with Gasteiger partial charge in [0, 0.05) is 10.6 Å². The molecule has 1 heterocycles. The molecule has 0 aliphatic heterocycles. The average Bonchev–Trinajstić information content (AvgIpc) is 2.45. The Balaban J connectivity index is 2.68. The zero-order valence-electron chi connectivity index (χ0n) is 11.1. The van der Waals surface area contributed by atoms with Crippen LogP contribution in [0.1, 0.15) is 16.1 Å². The lowest BCUT2D eigenvalue weighted by Gasteiger charge is -2.09. The number of ether oxygens (including phenoxy) is 1. The van der Waals surface area contributed by atoms with Crippen LogP contribution in [0.15, 0.2) is 24.8 Å². The van der Waals surface area contributed by atoms with E-state index >= 15 is 0 Å². The molecule has 0 atom stereocenters. The van der Waals surface area contributed by atoms with Gasteiger partial charge in [0.25, 0.3) is 0 Å². The molecule has 1 aromatic heterocycles. The van der Waals surface area contributed by atoms with Crippen molar-refractivity contribution < 1.29 is 13.9 Å². The highest BCUT2D eigenvalue weighted by molar-refractivity contribution is 6.30. The number of anilines is 1. The fourth-order valence-corrected chi connectivity index (χ4v) is 1.89. The number of hydrogen-bond donors (Lipinski definition) is 1. The zero-order valence-corrected chi connectivity index (χ0v) is 11.8. The predicted molar refractivity (Wildman–Crippen MR) is 78.3 cm³/mol. The molecule has 2 rings (SSSR count). The maximum Gasteiger partial charge on any atom is 0.357 e. The van der Waals surface area contributed by atoms with Gasteiger partial charge in [0.2, 0.25) is 0 Å². The molecule has 0 unspecified atom stereocenters. The fourth-order valence-electron chi connectivity index (χ4n) is 1.73. The Labute approximate surface area is 125 Å². The summed E-state index contributed by atoms with van der Waals surface area (Å²) in [6, 6.07) is 4.01. The number of nitrogens with zero attached hydrogens (tertiary/aromatic N) is 2.